The van der Waals surface area contributed by atoms with Crippen molar-refractivity contribution >= 4 is 27.7 Å². The number of hydrogen-bond acceptors (Lipinski definition) is 4. The van der Waals surface area contributed by atoms with E-state index in [-0.39, 0.29) is 12.2 Å². The molecule has 0 saturated heterocycles. The number of ether oxygens (including phenoxy) is 1. The number of esters is 1. The number of benzene rings is 4. The Morgan fingerprint density at radius 3 is 2.34 bits per heavy atom. The summed E-state index contributed by atoms with van der Waals surface area (Å²) in [5, 5.41) is 2.46. The molecule has 0 aliphatic heterocycles. The maximum atomic E-state index is 13.0. The molecule has 4 aromatic carbocycles. The largest absolute Gasteiger partial charge is 0.457 e. The summed E-state index contributed by atoms with van der Waals surface area (Å²) in [7, 11) is 0. The molecule has 35 heavy (non-hydrogen) atoms. The van der Waals surface area contributed by atoms with Crippen LogP contribution in [0.5, 0.6) is 0 Å². The Kier molecular flexibility index (Phi) is 5.61. The van der Waals surface area contributed by atoms with E-state index in [1.165, 1.54) is 18.2 Å². The van der Waals surface area contributed by atoms with E-state index in [1.54, 1.807) is 30.3 Å². The summed E-state index contributed by atoms with van der Waals surface area (Å²) in [6.07, 6.45) is -4.45. The van der Waals surface area contributed by atoms with Gasteiger partial charge < -0.3 is 9.15 Å². The zero-order valence-corrected chi connectivity index (χ0v) is 18.1. The van der Waals surface area contributed by atoms with Crippen molar-refractivity contribution in [3.63, 3.8) is 0 Å². The van der Waals surface area contributed by atoms with Crippen LogP contribution in [-0.4, -0.2) is 5.97 Å². The summed E-state index contributed by atoms with van der Waals surface area (Å²) in [5.41, 5.74) is 0.619. The lowest BCUT2D eigenvalue weighted by Gasteiger charge is -2.12. The van der Waals surface area contributed by atoms with Gasteiger partial charge in [-0.25, -0.2) is 9.59 Å². The lowest BCUT2D eigenvalue weighted by molar-refractivity contribution is -0.137. The van der Waals surface area contributed by atoms with E-state index in [0.717, 1.165) is 22.9 Å². The molecule has 0 unspecified atom stereocenters. The molecule has 0 spiro atoms. The highest BCUT2D eigenvalue weighted by Gasteiger charge is 2.30. The zero-order chi connectivity index (χ0) is 24.6. The van der Waals surface area contributed by atoms with Crippen molar-refractivity contribution in [3.8, 4) is 11.1 Å². The molecule has 0 radical (unpaired) electrons. The number of rotatable bonds is 4. The number of fused-ring (bicyclic) bond motifs is 3. The standard InChI is InChI=1S/C28H17F3O4/c29-28(30,31)20-12-9-18(10-13-20)21-6-3-4-8-23(21)27(33)34-16-19-15-25(32)35-24-14-11-17-5-1-2-7-22(17)26(19)24/h1-15H,16H2. The summed E-state index contributed by atoms with van der Waals surface area (Å²) in [6, 6.07) is 23.5. The van der Waals surface area contributed by atoms with Gasteiger partial charge in [0.25, 0.3) is 0 Å². The monoisotopic (exact) mass is 474 g/mol. The van der Waals surface area contributed by atoms with Gasteiger partial charge in [-0.1, -0.05) is 60.7 Å². The van der Waals surface area contributed by atoms with Gasteiger partial charge in [-0.2, -0.15) is 13.2 Å². The smallest absolute Gasteiger partial charge is 0.416 e. The highest BCUT2D eigenvalue weighted by Crippen LogP contribution is 2.32. The Labute approximate surface area is 197 Å². The molecule has 0 atom stereocenters. The maximum Gasteiger partial charge on any atom is 0.416 e. The van der Waals surface area contributed by atoms with Gasteiger partial charge in [0.15, 0.2) is 0 Å². The van der Waals surface area contributed by atoms with Gasteiger partial charge in [0, 0.05) is 17.0 Å². The fourth-order valence-corrected chi connectivity index (χ4v) is 4.11. The third-order valence-corrected chi connectivity index (χ3v) is 5.74. The number of halogens is 3. The third-order valence-electron chi connectivity index (χ3n) is 5.74. The van der Waals surface area contributed by atoms with Crippen LogP contribution in [-0.2, 0) is 17.5 Å². The first-order valence-corrected chi connectivity index (χ1v) is 10.7. The Balaban J connectivity index is 1.47. The number of carbonyl (C=O) groups excluding carboxylic acids is 1. The van der Waals surface area contributed by atoms with Gasteiger partial charge in [0.2, 0.25) is 0 Å². The Morgan fingerprint density at radius 2 is 1.57 bits per heavy atom. The molecule has 0 amide bonds. The van der Waals surface area contributed by atoms with Crippen LogP contribution in [0.1, 0.15) is 21.5 Å². The topological polar surface area (TPSA) is 56.5 Å². The second kappa shape index (κ2) is 8.76. The normalized spacial score (nSPS) is 11.6. The van der Waals surface area contributed by atoms with Crippen molar-refractivity contribution < 1.29 is 27.1 Å². The molecule has 0 bridgehead atoms. The second-order valence-corrected chi connectivity index (χ2v) is 7.95. The van der Waals surface area contributed by atoms with Gasteiger partial charge in [-0.15, -0.1) is 0 Å². The lowest BCUT2D eigenvalue weighted by atomic mass is 9.98. The van der Waals surface area contributed by atoms with E-state index in [2.05, 4.69) is 0 Å². The van der Waals surface area contributed by atoms with Crippen LogP contribution in [0.2, 0.25) is 0 Å². The lowest BCUT2D eigenvalue weighted by Crippen LogP contribution is -2.09. The average Bonchev–Trinajstić information content (AvgIpc) is 2.86. The Bertz CT molecular complexity index is 1620. The second-order valence-electron chi connectivity index (χ2n) is 7.95. The molecular formula is C28H17F3O4. The molecule has 0 aliphatic carbocycles. The van der Waals surface area contributed by atoms with Gasteiger partial charge in [-0.05, 0) is 46.2 Å². The van der Waals surface area contributed by atoms with Gasteiger partial charge >= 0.3 is 17.8 Å². The summed E-state index contributed by atoms with van der Waals surface area (Å²) in [5.74, 6) is -0.665. The minimum Gasteiger partial charge on any atom is -0.457 e. The van der Waals surface area contributed by atoms with Crippen molar-refractivity contribution in [1.29, 1.82) is 0 Å². The molecule has 5 rings (SSSR count). The fraction of sp³-hybridized carbons (Fsp3) is 0.0714. The van der Waals surface area contributed by atoms with E-state index in [0.29, 0.717) is 27.7 Å². The molecule has 0 fully saturated rings. The van der Waals surface area contributed by atoms with Crippen molar-refractivity contribution in [2.75, 3.05) is 0 Å². The summed E-state index contributed by atoms with van der Waals surface area (Å²) < 4.78 is 49.7. The summed E-state index contributed by atoms with van der Waals surface area (Å²) in [4.78, 5) is 25.1. The van der Waals surface area contributed by atoms with Crippen molar-refractivity contribution in [2.24, 2.45) is 0 Å². The van der Waals surface area contributed by atoms with Crippen molar-refractivity contribution in [2.45, 2.75) is 12.8 Å². The molecule has 0 saturated carbocycles. The minimum atomic E-state index is -4.45. The highest BCUT2D eigenvalue weighted by atomic mass is 19.4. The fourth-order valence-electron chi connectivity index (χ4n) is 4.11. The van der Waals surface area contributed by atoms with E-state index < -0.39 is 23.3 Å². The van der Waals surface area contributed by atoms with E-state index in [4.69, 9.17) is 9.15 Å². The first-order chi connectivity index (χ1) is 16.8. The Morgan fingerprint density at radius 1 is 0.857 bits per heavy atom. The first kappa shape index (κ1) is 22.4. The quantitative estimate of drug-likeness (QED) is 0.160. The van der Waals surface area contributed by atoms with E-state index >= 15 is 0 Å². The molecule has 1 heterocycles. The molecule has 1 aromatic heterocycles. The van der Waals surface area contributed by atoms with Crippen LogP contribution in [0, 0.1) is 0 Å². The van der Waals surface area contributed by atoms with Crippen molar-refractivity contribution in [1.82, 2.24) is 0 Å². The van der Waals surface area contributed by atoms with Crippen LogP contribution in [0.3, 0.4) is 0 Å². The summed E-state index contributed by atoms with van der Waals surface area (Å²) in [6.45, 7) is -0.184. The molecule has 0 N–H and O–H groups in total. The predicted molar refractivity (Wildman–Crippen MR) is 126 cm³/mol. The highest BCUT2D eigenvalue weighted by molar-refractivity contribution is 6.07. The number of carbonyl (C=O) groups is 1. The predicted octanol–water partition coefficient (Wildman–Crippen LogP) is 6.99. The van der Waals surface area contributed by atoms with Gasteiger partial charge in [0.05, 0.1) is 11.1 Å². The van der Waals surface area contributed by atoms with Crippen LogP contribution in [0.15, 0.2) is 100 Å². The molecule has 4 nitrogen and oxygen atoms in total. The molecule has 5 aromatic rings. The molecule has 0 aliphatic rings. The number of alkyl halides is 3. The number of hydrogen-bond donors (Lipinski definition) is 0. The molecular weight excluding hydrogens is 457 g/mol. The first-order valence-electron chi connectivity index (χ1n) is 10.7. The maximum absolute atomic E-state index is 13.0. The third kappa shape index (κ3) is 4.40. The Hall–Kier alpha value is -4.39. The van der Waals surface area contributed by atoms with Crippen LogP contribution >= 0.6 is 0 Å². The minimum absolute atomic E-state index is 0.184. The zero-order valence-electron chi connectivity index (χ0n) is 18.1. The molecule has 174 valence electrons. The SMILES string of the molecule is O=C(OCc1cc(=O)oc2ccc3ccccc3c12)c1ccccc1-c1ccc(C(F)(F)F)cc1. The molecule has 7 heteroatoms. The van der Waals surface area contributed by atoms with Gasteiger partial charge in [-0.3, -0.25) is 0 Å². The van der Waals surface area contributed by atoms with Crippen LogP contribution < -0.4 is 5.63 Å². The van der Waals surface area contributed by atoms with E-state index in [1.807, 2.05) is 30.3 Å². The van der Waals surface area contributed by atoms with Crippen molar-refractivity contribution in [3.05, 3.63) is 118 Å². The van der Waals surface area contributed by atoms with Crippen LogP contribution in [0.25, 0.3) is 32.9 Å². The average molecular weight is 474 g/mol. The summed E-state index contributed by atoms with van der Waals surface area (Å²) >= 11 is 0. The van der Waals surface area contributed by atoms with Gasteiger partial charge in [0.1, 0.15) is 12.2 Å². The van der Waals surface area contributed by atoms with Crippen LogP contribution in [0.4, 0.5) is 13.2 Å². The van der Waals surface area contributed by atoms with E-state index in [9.17, 15) is 22.8 Å².